The summed E-state index contributed by atoms with van der Waals surface area (Å²) in [5.41, 5.74) is 6.59. The van der Waals surface area contributed by atoms with E-state index < -0.39 is 28.2 Å². The van der Waals surface area contributed by atoms with Gasteiger partial charge in [0, 0.05) is 24.8 Å². The predicted octanol–water partition coefficient (Wildman–Crippen LogP) is 0.714. The van der Waals surface area contributed by atoms with Crippen LogP contribution in [0.4, 0.5) is 17.1 Å². The fraction of sp³-hybridized carbons (Fsp3) is 0.0500. The molecule has 4 rings (SSSR count). The van der Waals surface area contributed by atoms with E-state index in [0.717, 1.165) is 11.2 Å². The third kappa shape index (κ3) is 4.27. The van der Waals surface area contributed by atoms with Crippen molar-refractivity contribution in [1.29, 1.82) is 0 Å². The maximum Gasteiger partial charge on any atom is 0.339 e. The monoisotopic (exact) mass is 482 g/mol. The number of nitrogens with zero attached hydrogens (tertiary/aromatic N) is 5. The van der Waals surface area contributed by atoms with E-state index in [4.69, 9.17) is 10.9 Å². The number of carbonyl (C=O) groups is 2. The number of anilines is 3. The third-order valence-electron chi connectivity index (χ3n) is 4.84. The van der Waals surface area contributed by atoms with E-state index in [9.17, 15) is 23.1 Å². The lowest BCUT2D eigenvalue weighted by molar-refractivity contribution is 0.0693. The molecule has 14 heteroatoms. The molecule has 174 valence electrons. The molecule has 1 amide bonds. The molecule has 2 aromatic heterocycles. The van der Waals surface area contributed by atoms with Crippen LogP contribution >= 0.6 is 0 Å². The van der Waals surface area contributed by atoms with Crippen molar-refractivity contribution in [3.63, 3.8) is 0 Å². The zero-order valence-corrected chi connectivity index (χ0v) is 18.1. The summed E-state index contributed by atoms with van der Waals surface area (Å²) in [5, 5.41) is 22.8. The minimum atomic E-state index is -4.27. The summed E-state index contributed by atoms with van der Waals surface area (Å²) in [6.07, 6.45) is 5.29. The highest BCUT2D eigenvalue weighted by atomic mass is 32.2. The number of benzene rings is 1. The fourth-order valence-electron chi connectivity index (χ4n) is 3.29. The number of carboxylic acid groups (broad SMARTS) is 1. The number of aromatic carboxylic acids is 1. The number of hydrogen-bond donors (Lipinski definition) is 4. The van der Waals surface area contributed by atoms with Crippen molar-refractivity contribution in [2.45, 2.75) is 11.2 Å². The molecule has 0 bridgehead atoms. The second-order valence-electron chi connectivity index (χ2n) is 6.99. The molecule has 0 saturated heterocycles. The molecule has 1 aromatic carbocycles. The Kier molecular flexibility index (Phi) is 5.93. The van der Waals surface area contributed by atoms with E-state index in [0.29, 0.717) is 0 Å². The van der Waals surface area contributed by atoms with Crippen molar-refractivity contribution in [2.75, 3.05) is 10.2 Å². The summed E-state index contributed by atoms with van der Waals surface area (Å²) in [5.74, 6) is -1.81. The molecule has 0 saturated carbocycles. The lowest BCUT2D eigenvalue weighted by Gasteiger charge is -2.29. The number of para-hydroxylation sites is 1. The molecule has 0 radical (unpaired) electrons. The first kappa shape index (κ1) is 22.8. The smallest absolute Gasteiger partial charge is 0.339 e. The normalized spacial score (nSPS) is 15.4. The molecule has 3 heterocycles. The van der Waals surface area contributed by atoms with Crippen LogP contribution in [-0.4, -0.2) is 53.0 Å². The van der Waals surface area contributed by atoms with E-state index in [1.165, 1.54) is 60.2 Å². The standard InChI is InChI=1S/C20H18N8O5S/c21-20-27(11-25-28(20)18(29)12-3-2-7-23-9-12)17-15(4-1-5-16(17)34(22,32)33)26-14-6-8-24-10-13(14)19(30)31/h1-11,20H,21H2,(H,24,26)(H,30,31)(H2,22,32,33). The average molecular weight is 482 g/mol. The summed E-state index contributed by atoms with van der Waals surface area (Å²) in [7, 11) is -4.27. The number of nitrogens with one attached hydrogen (secondary N) is 1. The highest BCUT2D eigenvalue weighted by Crippen LogP contribution is 2.37. The number of aromatic nitrogens is 2. The number of hydrogen-bond acceptors (Lipinski definition) is 10. The van der Waals surface area contributed by atoms with Gasteiger partial charge in [0.05, 0.1) is 22.6 Å². The number of amides is 1. The van der Waals surface area contributed by atoms with Crippen molar-refractivity contribution >= 4 is 45.3 Å². The first-order chi connectivity index (χ1) is 16.2. The van der Waals surface area contributed by atoms with Gasteiger partial charge in [0.1, 0.15) is 16.8 Å². The van der Waals surface area contributed by atoms with Crippen molar-refractivity contribution in [2.24, 2.45) is 16.0 Å². The summed E-state index contributed by atoms with van der Waals surface area (Å²) >= 11 is 0. The van der Waals surface area contributed by atoms with Crippen LogP contribution < -0.4 is 21.1 Å². The van der Waals surface area contributed by atoms with Crippen LogP contribution in [0.2, 0.25) is 0 Å². The maximum atomic E-state index is 12.8. The van der Waals surface area contributed by atoms with Gasteiger partial charge in [-0.15, -0.1) is 0 Å². The van der Waals surface area contributed by atoms with Crippen LogP contribution in [0.5, 0.6) is 0 Å². The Balaban J connectivity index is 1.78. The topological polar surface area (TPSA) is 197 Å². The second kappa shape index (κ2) is 8.86. The van der Waals surface area contributed by atoms with E-state index in [-0.39, 0.29) is 33.1 Å². The quantitative estimate of drug-likeness (QED) is 0.388. The fourth-order valence-corrected chi connectivity index (χ4v) is 4.04. The van der Waals surface area contributed by atoms with Crippen molar-refractivity contribution < 1.29 is 23.1 Å². The van der Waals surface area contributed by atoms with Gasteiger partial charge in [-0.05, 0) is 30.3 Å². The summed E-state index contributed by atoms with van der Waals surface area (Å²) < 4.78 is 24.8. The Labute approximate surface area is 193 Å². The molecule has 13 nitrogen and oxygen atoms in total. The van der Waals surface area contributed by atoms with Crippen molar-refractivity contribution in [3.8, 4) is 0 Å². The number of primary sulfonamides is 1. The largest absolute Gasteiger partial charge is 0.478 e. The molecule has 1 unspecified atom stereocenters. The van der Waals surface area contributed by atoms with Gasteiger partial charge >= 0.3 is 5.97 Å². The lowest BCUT2D eigenvalue weighted by Crippen LogP contribution is -2.49. The number of pyridine rings is 2. The molecule has 0 aliphatic carbocycles. The van der Waals surface area contributed by atoms with Gasteiger partial charge < -0.3 is 10.4 Å². The number of carbonyl (C=O) groups excluding carboxylic acids is 1. The zero-order chi connectivity index (χ0) is 24.5. The molecule has 1 aliphatic rings. The first-order valence-electron chi connectivity index (χ1n) is 9.60. The minimum absolute atomic E-state index is 0.0316. The molecule has 34 heavy (non-hydrogen) atoms. The Morgan fingerprint density at radius 1 is 1.03 bits per heavy atom. The molecule has 0 fully saturated rings. The Morgan fingerprint density at radius 2 is 1.79 bits per heavy atom. The average Bonchev–Trinajstić information content (AvgIpc) is 3.19. The number of carboxylic acids is 1. The predicted molar refractivity (Wildman–Crippen MR) is 122 cm³/mol. The van der Waals surface area contributed by atoms with Gasteiger partial charge in [-0.25, -0.2) is 18.4 Å². The second-order valence-corrected chi connectivity index (χ2v) is 8.52. The lowest BCUT2D eigenvalue weighted by atomic mass is 10.2. The van der Waals surface area contributed by atoms with Gasteiger partial charge in [-0.2, -0.15) is 10.1 Å². The molecule has 1 atom stereocenters. The highest BCUT2D eigenvalue weighted by Gasteiger charge is 2.35. The SMILES string of the molecule is NC1N(C(=O)c2cccnc2)N=CN1c1c(Nc2ccncc2C(=O)O)cccc1S(N)(=O)=O. The maximum absolute atomic E-state index is 12.8. The zero-order valence-electron chi connectivity index (χ0n) is 17.3. The number of rotatable bonds is 6. The summed E-state index contributed by atoms with van der Waals surface area (Å²) in [6.45, 7) is 0. The Hall–Kier alpha value is -4.40. The highest BCUT2D eigenvalue weighted by molar-refractivity contribution is 7.89. The van der Waals surface area contributed by atoms with Gasteiger partial charge in [0.15, 0.2) is 6.29 Å². The van der Waals surface area contributed by atoms with E-state index in [1.807, 2.05) is 0 Å². The van der Waals surface area contributed by atoms with Crippen LogP contribution in [0, 0.1) is 0 Å². The van der Waals surface area contributed by atoms with E-state index >= 15 is 0 Å². The van der Waals surface area contributed by atoms with E-state index in [2.05, 4.69) is 20.4 Å². The number of nitrogens with two attached hydrogens (primary N) is 2. The first-order valence-corrected chi connectivity index (χ1v) is 11.1. The van der Waals surface area contributed by atoms with Crippen LogP contribution in [-0.2, 0) is 10.0 Å². The van der Waals surface area contributed by atoms with Crippen LogP contribution in [0.15, 0.2) is 71.2 Å². The molecule has 1 aliphatic heterocycles. The molecule has 3 aromatic rings. The van der Waals surface area contributed by atoms with E-state index in [1.54, 1.807) is 6.07 Å². The molecular formula is C20H18N8O5S. The van der Waals surface area contributed by atoms with Crippen molar-refractivity contribution in [3.05, 3.63) is 72.3 Å². The summed E-state index contributed by atoms with van der Waals surface area (Å²) in [4.78, 5) is 33.0. The Morgan fingerprint density at radius 3 is 2.47 bits per heavy atom. The molecule has 0 spiro atoms. The van der Waals surface area contributed by atoms with Crippen LogP contribution in [0.25, 0.3) is 0 Å². The van der Waals surface area contributed by atoms with Gasteiger partial charge in [0.25, 0.3) is 5.91 Å². The number of hydrazone groups is 1. The van der Waals surface area contributed by atoms with Gasteiger partial charge in [-0.3, -0.25) is 25.4 Å². The third-order valence-corrected chi connectivity index (χ3v) is 5.78. The molecular weight excluding hydrogens is 464 g/mol. The van der Waals surface area contributed by atoms with Crippen molar-refractivity contribution in [1.82, 2.24) is 15.0 Å². The number of sulfonamides is 1. The summed E-state index contributed by atoms with van der Waals surface area (Å²) in [6, 6.07) is 8.69. The molecule has 6 N–H and O–H groups in total. The van der Waals surface area contributed by atoms with Crippen LogP contribution in [0.3, 0.4) is 0 Å². The van der Waals surface area contributed by atoms with Gasteiger partial charge in [-0.1, -0.05) is 6.07 Å². The Bertz CT molecular complexity index is 1400. The van der Waals surface area contributed by atoms with Gasteiger partial charge in [0.2, 0.25) is 10.0 Å². The van der Waals surface area contributed by atoms with Crippen LogP contribution in [0.1, 0.15) is 20.7 Å². The minimum Gasteiger partial charge on any atom is -0.478 e.